The zero-order valence-electron chi connectivity index (χ0n) is 7.89. The van der Waals surface area contributed by atoms with Crippen LogP contribution in [0.1, 0.15) is 36.7 Å². The number of aromatic amines is 1. The Morgan fingerprint density at radius 2 is 2.15 bits per heavy atom. The van der Waals surface area contributed by atoms with E-state index in [1.54, 1.807) is 0 Å². The van der Waals surface area contributed by atoms with Crippen LogP contribution in [0.4, 0.5) is 0 Å². The zero-order valence-corrected chi connectivity index (χ0v) is 7.89. The van der Waals surface area contributed by atoms with Gasteiger partial charge < -0.3 is 4.98 Å². The van der Waals surface area contributed by atoms with Gasteiger partial charge in [0.1, 0.15) is 0 Å². The Labute approximate surface area is 77.2 Å². The van der Waals surface area contributed by atoms with Crippen molar-refractivity contribution in [1.82, 2.24) is 9.97 Å². The average Bonchev–Trinajstić information content (AvgIpc) is 2.16. The Hall–Kier alpha value is -1.12. The van der Waals surface area contributed by atoms with Gasteiger partial charge in [-0.25, -0.2) is 4.79 Å². The topological polar surface area (TPSA) is 45.8 Å². The van der Waals surface area contributed by atoms with Gasteiger partial charge in [0, 0.05) is 5.69 Å². The molecule has 0 aromatic carbocycles. The smallest absolute Gasteiger partial charge is 0.310 e. The number of fused-ring (bicyclic) bond motifs is 1. The van der Waals surface area contributed by atoms with E-state index in [1.165, 1.54) is 18.4 Å². The van der Waals surface area contributed by atoms with Crippen LogP contribution in [0, 0.1) is 0 Å². The van der Waals surface area contributed by atoms with Crippen molar-refractivity contribution < 1.29 is 0 Å². The fourth-order valence-corrected chi connectivity index (χ4v) is 2.00. The summed E-state index contributed by atoms with van der Waals surface area (Å²) in [5.74, 6) is 0. The van der Waals surface area contributed by atoms with Crippen molar-refractivity contribution in [3.63, 3.8) is 0 Å². The molecule has 0 bridgehead atoms. The summed E-state index contributed by atoms with van der Waals surface area (Å²) in [6.07, 6.45) is 5.39. The average molecular weight is 178 g/mol. The van der Waals surface area contributed by atoms with Gasteiger partial charge in [0.25, 0.3) is 0 Å². The Balaban J connectivity index is 2.57. The molecule has 0 amide bonds. The highest BCUT2D eigenvalue weighted by Gasteiger charge is 2.14. The largest absolute Gasteiger partial charge is 0.345 e. The molecular formula is C10H14N2O. The van der Waals surface area contributed by atoms with Crippen LogP contribution < -0.4 is 5.69 Å². The number of hydrogen-bond donors (Lipinski definition) is 1. The number of nitrogens with zero attached hydrogens (tertiary/aromatic N) is 1. The highest BCUT2D eigenvalue weighted by Crippen LogP contribution is 2.20. The number of aromatic nitrogens is 2. The van der Waals surface area contributed by atoms with Crippen LogP contribution in [0.2, 0.25) is 0 Å². The molecule has 3 nitrogen and oxygen atoms in total. The number of aryl methyl sites for hydroxylation is 2. The highest BCUT2D eigenvalue weighted by molar-refractivity contribution is 5.26. The summed E-state index contributed by atoms with van der Waals surface area (Å²) < 4.78 is 0. The van der Waals surface area contributed by atoms with Crippen molar-refractivity contribution in [2.75, 3.05) is 0 Å². The predicted molar refractivity (Wildman–Crippen MR) is 50.9 cm³/mol. The molecular weight excluding hydrogens is 164 g/mol. The molecule has 0 radical (unpaired) electrons. The van der Waals surface area contributed by atoms with Gasteiger partial charge in [0.2, 0.25) is 0 Å². The minimum Gasteiger partial charge on any atom is -0.310 e. The minimum absolute atomic E-state index is 0.183. The standard InChI is InChI=1S/C10H14N2O/c1-2-8-7-5-3-4-6-9(7)12-10(13)11-8/h2-6H2,1H3,(H,11,12,13). The molecule has 1 aliphatic rings. The van der Waals surface area contributed by atoms with E-state index in [0.717, 1.165) is 30.7 Å². The molecule has 0 spiro atoms. The Kier molecular flexibility index (Phi) is 2.17. The predicted octanol–water partition coefficient (Wildman–Crippen LogP) is 1.21. The van der Waals surface area contributed by atoms with Crippen LogP contribution in [-0.2, 0) is 19.3 Å². The van der Waals surface area contributed by atoms with Gasteiger partial charge in [-0.15, -0.1) is 0 Å². The summed E-state index contributed by atoms with van der Waals surface area (Å²) in [5.41, 5.74) is 3.24. The van der Waals surface area contributed by atoms with Crippen molar-refractivity contribution in [1.29, 1.82) is 0 Å². The maximum Gasteiger partial charge on any atom is 0.345 e. The Morgan fingerprint density at radius 1 is 1.38 bits per heavy atom. The van der Waals surface area contributed by atoms with Gasteiger partial charge in [-0.2, -0.15) is 4.98 Å². The zero-order chi connectivity index (χ0) is 9.26. The van der Waals surface area contributed by atoms with E-state index in [1.807, 2.05) is 0 Å². The maximum absolute atomic E-state index is 11.2. The lowest BCUT2D eigenvalue weighted by Gasteiger charge is -2.16. The monoisotopic (exact) mass is 178 g/mol. The van der Waals surface area contributed by atoms with Crippen molar-refractivity contribution >= 4 is 0 Å². The van der Waals surface area contributed by atoms with E-state index in [-0.39, 0.29) is 5.69 Å². The first-order valence-electron chi connectivity index (χ1n) is 4.92. The number of nitrogens with one attached hydrogen (secondary N) is 1. The summed E-state index contributed by atoms with van der Waals surface area (Å²) >= 11 is 0. The first-order valence-corrected chi connectivity index (χ1v) is 4.92. The van der Waals surface area contributed by atoms with Crippen molar-refractivity contribution in [3.05, 3.63) is 27.4 Å². The Morgan fingerprint density at radius 3 is 2.92 bits per heavy atom. The van der Waals surface area contributed by atoms with Gasteiger partial charge in [-0.1, -0.05) is 6.92 Å². The van der Waals surface area contributed by atoms with Crippen LogP contribution in [0.3, 0.4) is 0 Å². The second-order valence-corrected chi connectivity index (χ2v) is 3.51. The van der Waals surface area contributed by atoms with Gasteiger partial charge in [0.15, 0.2) is 0 Å². The Bertz CT molecular complexity index is 347. The molecule has 13 heavy (non-hydrogen) atoms. The quantitative estimate of drug-likeness (QED) is 0.702. The third-order valence-electron chi connectivity index (χ3n) is 2.65. The molecule has 0 saturated carbocycles. The molecule has 0 saturated heterocycles. The van der Waals surface area contributed by atoms with E-state index < -0.39 is 0 Å². The fourth-order valence-electron chi connectivity index (χ4n) is 2.00. The molecule has 0 atom stereocenters. The first-order chi connectivity index (χ1) is 6.31. The molecule has 0 fully saturated rings. The summed E-state index contributed by atoms with van der Waals surface area (Å²) in [4.78, 5) is 18.0. The van der Waals surface area contributed by atoms with Gasteiger partial charge in [0.05, 0.1) is 5.69 Å². The molecule has 0 unspecified atom stereocenters. The maximum atomic E-state index is 11.2. The van der Waals surface area contributed by atoms with Crippen LogP contribution >= 0.6 is 0 Å². The molecule has 1 heterocycles. The molecule has 1 aromatic rings. The summed E-state index contributed by atoms with van der Waals surface area (Å²) in [5, 5.41) is 0. The molecule has 1 aromatic heterocycles. The number of rotatable bonds is 1. The van der Waals surface area contributed by atoms with Crippen LogP contribution in [0.15, 0.2) is 4.79 Å². The lowest BCUT2D eigenvalue weighted by molar-refractivity contribution is 0.646. The van der Waals surface area contributed by atoms with Crippen molar-refractivity contribution in [2.24, 2.45) is 0 Å². The first kappa shape index (κ1) is 8.48. The summed E-state index contributed by atoms with van der Waals surface area (Å²) in [6, 6.07) is 0. The van der Waals surface area contributed by atoms with E-state index in [4.69, 9.17) is 0 Å². The molecule has 70 valence electrons. The second-order valence-electron chi connectivity index (χ2n) is 3.51. The molecule has 2 rings (SSSR count). The van der Waals surface area contributed by atoms with Gasteiger partial charge in [-0.3, -0.25) is 0 Å². The van der Waals surface area contributed by atoms with E-state index in [9.17, 15) is 4.79 Å². The summed E-state index contributed by atoms with van der Waals surface area (Å²) in [6.45, 7) is 2.05. The number of hydrogen-bond acceptors (Lipinski definition) is 2. The second kappa shape index (κ2) is 3.32. The van der Waals surface area contributed by atoms with E-state index >= 15 is 0 Å². The lowest BCUT2D eigenvalue weighted by atomic mass is 9.94. The fraction of sp³-hybridized carbons (Fsp3) is 0.600. The van der Waals surface area contributed by atoms with E-state index in [2.05, 4.69) is 16.9 Å². The van der Waals surface area contributed by atoms with Crippen LogP contribution in [0.5, 0.6) is 0 Å². The highest BCUT2D eigenvalue weighted by atomic mass is 16.1. The van der Waals surface area contributed by atoms with Gasteiger partial charge >= 0.3 is 5.69 Å². The summed E-state index contributed by atoms with van der Waals surface area (Å²) in [7, 11) is 0. The lowest BCUT2D eigenvalue weighted by Crippen LogP contribution is -2.21. The SMILES string of the molecule is CCc1nc(=O)[nH]c2c1CCCC2. The van der Waals surface area contributed by atoms with Crippen molar-refractivity contribution in [2.45, 2.75) is 39.0 Å². The van der Waals surface area contributed by atoms with Gasteiger partial charge in [-0.05, 0) is 37.7 Å². The molecule has 1 aliphatic carbocycles. The molecule has 3 heteroatoms. The molecule has 1 N–H and O–H groups in total. The normalized spacial score (nSPS) is 15.5. The van der Waals surface area contributed by atoms with Crippen LogP contribution in [0.25, 0.3) is 0 Å². The van der Waals surface area contributed by atoms with Crippen molar-refractivity contribution in [3.8, 4) is 0 Å². The minimum atomic E-state index is -0.183. The number of H-pyrrole nitrogens is 1. The third-order valence-corrected chi connectivity index (χ3v) is 2.65. The molecule has 0 aliphatic heterocycles. The van der Waals surface area contributed by atoms with Crippen LogP contribution in [-0.4, -0.2) is 9.97 Å². The third kappa shape index (κ3) is 1.50. The van der Waals surface area contributed by atoms with E-state index in [0.29, 0.717) is 0 Å².